The number of thioether (sulfide) groups is 1. The number of carbonyl (C=O) groups excluding carboxylic acids is 1. The van der Waals surface area contributed by atoms with Crippen molar-refractivity contribution in [1.29, 1.82) is 0 Å². The molecule has 23 heavy (non-hydrogen) atoms. The summed E-state index contributed by atoms with van der Waals surface area (Å²) in [6.07, 6.45) is 8.88. The molecule has 3 heterocycles. The highest BCUT2D eigenvalue weighted by atomic mass is 32.2. The zero-order chi connectivity index (χ0) is 15.6. The lowest BCUT2D eigenvalue weighted by atomic mass is 10.2. The molecular weight excluding hydrogens is 310 g/mol. The third kappa shape index (κ3) is 3.10. The Labute approximate surface area is 139 Å². The fourth-order valence-corrected chi connectivity index (χ4v) is 4.03. The Hall–Kier alpha value is -1.89. The molecule has 0 spiro atoms. The van der Waals surface area contributed by atoms with Gasteiger partial charge in [0.1, 0.15) is 0 Å². The van der Waals surface area contributed by atoms with E-state index in [0.29, 0.717) is 6.04 Å². The predicted molar refractivity (Wildman–Crippen MR) is 88.0 cm³/mol. The van der Waals surface area contributed by atoms with Crippen LogP contribution in [0.4, 0.5) is 0 Å². The Morgan fingerprint density at radius 1 is 1.13 bits per heavy atom. The fraction of sp³-hybridized carbons (Fsp3) is 0.500. The minimum atomic E-state index is -0.0653. The van der Waals surface area contributed by atoms with E-state index < -0.39 is 0 Å². The molecule has 0 bridgehead atoms. The van der Waals surface area contributed by atoms with Gasteiger partial charge in [0.2, 0.25) is 5.91 Å². The van der Waals surface area contributed by atoms with Crippen LogP contribution in [0.25, 0.3) is 11.4 Å². The molecule has 1 amide bonds. The van der Waals surface area contributed by atoms with Crippen LogP contribution in [0.15, 0.2) is 29.7 Å². The van der Waals surface area contributed by atoms with E-state index in [2.05, 4.69) is 25.1 Å². The normalized spacial score (nSPS) is 21.7. The van der Waals surface area contributed by atoms with Crippen LogP contribution in [0.3, 0.4) is 0 Å². The van der Waals surface area contributed by atoms with Gasteiger partial charge in [0.15, 0.2) is 11.0 Å². The number of rotatable bonds is 4. The topological polar surface area (TPSA) is 72.7 Å². The van der Waals surface area contributed by atoms with E-state index >= 15 is 0 Å². The average molecular weight is 329 g/mol. The van der Waals surface area contributed by atoms with Crippen LogP contribution in [-0.2, 0) is 4.79 Å². The Morgan fingerprint density at radius 3 is 2.74 bits per heavy atom. The molecule has 2 fully saturated rings. The first-order valence-corrected chi connectivity index (χ1v) is 9.00. The van der Waals surface area contributed by atoms with E-state index in [1.54, 1.807) is 24.2 Å². The molecule has 7 heteroatoms. The van der Waals surface area contributed by atoms with E-state index in [1.165, 1.54) is 0 Å². The highest BCUT2D eigenvalue weighted by molar-refractivity contribution is 8.00. The number of amides is 1. The van der Waals surface area contributed by atoms with E-state index in [4.69, 9.17) is 0 Å². The molecule has 120 valence electrons. The average Bonchev–Trinajstić information content (AvgIpc) is 3.36. The first-order chi connectivity index (χ1) is 11.3. The summed E-state index contributed by atoms with van der Waals surface area (Å²) in [5.41, 5.74) is 1.02. The van der Waals surface area contributed by atoms with Crippen molar-refractivity contribution in [3.63, 3.8) is 0 Å². The standard InChI is InChI=1S/C16H19N5OS/c22-15-13(3-1-2-8-18-15)23-16-20-19-14(21(16)12-4-5-12)11-6-9-17-10-7-11/h6-7,9-10,12-13H,1-5,8H2,(H,18,22). The first kappa shape index (κ1) is 14.7. The van der Waals surface area contributed by atoms with Gasteiger partial charge in [-0.15, -0.1) is 10.2 Å². The summed E-state index contributed by atoms with van der Waals surface area (Å²) in [5, 5.41) is 12.6. The molecule has 1 atom stereocenters. The highest BCUT2D eigenvalue weighted by Gasteiger charge is 2.32. The largest absolute Gasteiger partial charge is 0.355 e. The maximum atomic E-state index is 12.2. The summed E-state index contributed by atoms with van der Waals surface area (Å²) < 4.78 is 2.21. The van der Waals surface area contributed by atoms with Crippen molar-refractivity contribution in [2.24, 2.45) is 0 Å². The van der Waals surface area contributed by atoms with Gasteiger partial charge in [-0.05, 0) is 37.8 Å². The molecule has 2 aromatic rings. The molecule has 2 aliphatic rings. The Balaban J connectivity index is 1.64. The van der Waals surface area contributed by atoms with Crippen LogP contribution >= 0.6 is 11.8 Å². The second-order valence-corrected chi connectivity index (χ2v) is 7.21. The number of nitrogens with zero attached hydrogens (tertiary/aromatic N) is 4. The van der Waals surface area contributed by atoms with Gasteiger partial charge in [-0.3, -0.25) is 14.3 Å². The molecule has 1 saturated carbocycles. The van der Waals surface area contributed by atoms with Gasteiger partial charge in [0.25, 0.3) is 0 Å². The van der Waals surface area contributed by atoms with Gasteiger partial charge in [-0.25, -0.2) is 0 Å². The maximum absolute atomic E-state index is 12.2. The molecule has 0 aromatic carbocycles. The van der Waals surface area contributed by atoms with Crippen LogP contribution in [0.2, 0.25) is 0 Å². The van der Waals surface area contributed by atoms with E-state index in [0.717, 1.165) is 55.2 Å². The van der Waals surface area contributed by atoms with Crippen molar-refractivity contribution in [1.82, 2.24) is 25.1 Å². The summed E-state index contributed by atoms with van der Waals surface area (Å²) in [7, 11) is 0. The predicted octanol–water partition coefficient (Wildman–Crippen LogP) is 2.44. The lowest BCUT2D eigenvalue weighted by molar-refractivity contribution is -0.120. The van der Waals surface area contributed by atoms with E-state index in [9.17, 15) is 4.79 Å². The quantitative estimate of drug-likeness (QED) is 0.933. The van der Waals surface area contributed by atoms with Crippen molar-refractivity contribution in [2.45, 2.75) is 48.6 Å². The third-order valence-corrected chi connectivity index (χ3v) is 5.47. The van der Waals surface area contributed by atoms with Gasteiger partial charge in [0, 0.05) is 30.5 Å². The van der Waals surface area contributed by atoms with E-state index in [1.807, 2.05) is 12.1 Å². The lowest BCUT2D eigenvalue weighted by Crippen LogP contribution is -2.30. The molecule has 1 N–H and O–H groups in total. The van der Waals surface area contributed by atoms with Gasteiger partial charge in [-0.1, -0.05) is 18.2 Å². The fourth-order valence-electron chi connectivity index (χ4n) is 2.87. The molecule has 6 nitrogen and oxygen atoms in total. The van der Waals surface area contributed by atoms with Gasteiger partial charge < -0.3 is 5.32 Å². The molecule has 1 unspecified atom stereocenters. The van der Waals surface area contributed by atoms with Crippen molar-refractivity contribution < 1.29 is 4.79 Å². The summed E-state index contributed by atoms with van der Waals surface area (Å²) in [4.78, 5) is 16.3. The smallest absolute Gasteiger partial charge is 0.233 e. The Bertz CT molecular complexity index is 698. The molecule has 2 aromatic heterocycles. The monoisotopic (exact) mass is 329 g/mol. The zero-order valence-corrected chi connectivity index (χ0v) is 13.6. The minimum absolute atomic E-state index is 0.0653. The molecule has 0 radical (unpaired) electrons. The summed E-state index contributed by atoms with van der Waals surface area (Å²) in [6.45, 7) is 0.785. The van der Waals surface area contributed by atoms with Gasteiger partial charge in [-0.2, -0.15) is 0 Å². The summed E-state index contributed by atoms with van der Waals surface area (Å²) in [6, 6.07) is 4.37. The van der Waals surface area contributed by atoms with Gasteiger partial charge in [0.05, 0.1) is 5.25 Å². The third-order valence-electron chi connectivity index (χ3n) is 4.25. The Morgan fingerprint density at radius 2 is 1.96 bits per heavy atom. The van der Waals surface area contributed by atoms with Crippen molar-refractivity contribution in [3.05, 3.63) is 24.5 Å². The number of hydrogen-bond donors (Lipinski definition) is 1. The van der Waals surface area contributed by atoms with Crippen LogP contribution < -0.4 is 5.32 Å². The summed E-state index contributed by atoms with van der Waals surface area (Å²) in [5.74, 6) is 1.01. The summed E-state index contributed by atoms with van der Waals surface area (Å²) >= 11 is 1.56. The number of hydrogen-bond acceptors (Lipinski definition) is 5. The Kier molecular flexibility index (Phi) is 4.03. The SMILES string of the molecule is O=C1NCCCCC1Sc1nnc(-c2ccncc2)n1C1CC1. The van der Waals surface area contributed by atoms with Crippen molar-refractivity contribution >= 4 is 17.7 Å². The van der Waals surface area contributed by atoms with Gasteiger partial charge >= 0.3 is 0 Å². The molecule has 1 aliphatic carbocycles. The number of nitrogens with one attached hydrogen (secondary N) is 1. The van der Waals surface area contributed by atoms with Crippen molar-refractivity contribution in [2.75, 3.05) is 6.54 Å². The van der Waals surface area contributed by atoms with Crippen LogP contribution in [-0.4, -0.2) is 37.5 Å². The molecular formula is C16H19N5OS. The van der Waals surface area contributed by atoms with Crippen LogP contribution in [0.1, 0.15) is 38.1 Å². The lowest BCUT2D eigenvalue weighted by Gasteiger charge is -2.14. The second kappa shape index (κ2) is 6.31. The number of pyridine rings is 1. The van der Waals surface area contributed by atoms with Crippen LogP contribution in [0.5, 0.6) is 0 Å². The number of aromatic nitrogens is 4. The molecule has 4 rings (SSSR count). The zero-order valence-electron chi connectivity index (χ0n) is 12.8. The molecule has 1 aliphatic heterocycles. The molecule has 1 saturated heterocycles. The maximum Gasteiger partial charge on any atom is 0.233 e. The van der Waals surface area contributed by atoms with E-state index in [-0.39, 0.29) is 11.2 Å². The second-order valence-electron chi connectivity index (χ2n) is 6.04. The number of carbonyl (C=O) groups is 1. The van der Waals surface area contributed by atoms with Crippen molar-refractivity contribution in [3.8, 4) is 11.4 Å². The first-order valence-electron chi connectivity index (χ1n) is 8.12. The highest BCUT2D eigenvalue weighted by Crippen LogP contribution is 2.42. The van der Waals surface area contributed by atoms with Crippen LogP contribution in [0, 0.1) is 0 Å². The minimum Gasteiger partial charge on any atom is -0.355 e.